The second-order valence-corrected chi connectivity index (χ2v) is 9.08. The van der Waals surface area contributed by atoms with Gasteiger partial charge in [-0.15, -0.1) is 0 Å². The number of fused-ring (bicyclic) bond motifs is 1. The lowest BCUT2D eigenvalue weighted by molar-refractivity contribution is 0.0724. The number of carbonyl (C=O) groups excluding carboxylic acids is 2. The van der Waals surface area contributed by atoms with E-state index in [0.29, 0.717) is 16.3 Å². The zero-order chi connectivity index (χ0) is 24.9. The molecule has 0 bridgehead atoms. The van der Waals surface area contributed by atoms with Crippen molar-refractivity contribution in [1.29, 1.82) is 0 Å². The van der Waals surface area contributed by atoms with Gasteiger partial charge in [-0.05, 0) is 48.6 Å². The third-order valence-corrected chi connectivity index (χ3v) is 6.56. The molecule has 0 spiro atoms. The molecule has 2 amide bonds. The summed E-state index contributed by atoms with van der Waals surface area (Å²) in [5.41, 5.74) is 2.43. The van der Waals surface area contributed by atoms with Crippen LogP contribution in [-0.2, 0) is 13.1 Å². The largest absolute Gasteiger partial charge is 0.347 e. The maximum atomic E-state index is 13.2. The van der Waals surface area contributed by atoms with Crippen LogP contribution in [0, 0.1) is 0 Å². The monoisotopic (exact) mass is 480 g/mol. The number of carbonyl (C=O) groups is 2. The highest BCUT2D eigenvalue weighted by Gasteiger charge is 2.19. The van der Waals surface area contributed by atoms with Gasteiger partial charge in [0.1, 0.15) is 0 Å². The Morgan fingerprint density at radius 2 is 1.44 bits per heavy atom. The van der Waals surface area contributed by atoms with E-state index < -0.39 is 0 Å². The highest BCUT2D eigenvalue weighted by Crippen LogP contribution is 2.16. The van der Waals surface area contributed by atoms with Crippen LogP contribution < -0.4 is 10.9 Å². The van der Waals surface area contributed by atoms with E-state index in [1.54, 1.807) is 24.3 Å². The van der Waals surface area contributed by atoms with Crippen molar-refractivity contribution in [2.45, 2.75) is 32.4 Å². The normalized spacial score (nSPS) is 13.5. The van der Waals surface area contributed by atoms with Crippen LogP contribution in [0.1, 0.15) is 51.2 Å². The average Bonchev–Trinajstić information content (AvgIpc) is 2.94. The molecule has 7 heteroatoms. The van der Waals surface area contributed by atoms with Gasteiger partial charge < -0.3 is 10.2 Å². The van der Waals surface area contributed by atoms with Crippen LogP contribution in [0.25, 0.3) is 10.8 Å². The van der Waals surface area contributed by atoms with Gasteiger partial charge >= 0.3 is 0 Å². The zero-order valence-electron chi connectivity index (χ0n) is 20.0. The molecule has 1 aliphatic heterocycles. The molecule has 0 aliphatic carbocycles. The van der Waals surface area contributed by atoms with Crippen molar-refractivity contribution in [3.63, 3.8) is 0 Å². The fourth-order valence-electron chi connectivity index (χ4n) is 4.58. The average molecular weight is 481 g/mol. The van der Waals surface area contributed by atoms with E-state index in [9.17, 15) is 14.4 Å². The molecule has 3 aromatic carbocycles. The van der Waals surface area contributed by atoms with Crippen LogP contribution in [-0.4, -0.2) is 39.6 Å². The molecular weight excluding hydrogens is 452 g/mol. The molecule has 1 aromatic heterocycles. The van der Waals surface area contributed by atoms with Crippen LogP contribution in [0.3, 0.4) is 0 Å². The minimum absolute atomic E-state index is 0.0571. The quantitative estimate of drug-likeness (QED) is 0.452. The summed E-state index contributed by atoms with van der Waals surface area (Å²) in [6, 6.07) is 23.9. The van der Waals surface area contributed by atoms with Gasteiger partial charge in [0, 0.05) is 30.6 Å². The van der Waals surface area contributed by atoms with E-state index in [-0.39, 0.29) is 36.2 Å². The Hall–Kier alpha value is -4.26. The second kappa shape index (κ2) is 10.6. The summed E-state index contributed by atoms with van der Waals surface area (Å²) in [6.45, 7) is 2.18. The van der Waals surface area contributed by atoms with Gasteiger partial charge in [-0.2, -0.15) is 5.10 Å². The Morgan fingerprint density at radius 1 is 0.778 bits per heavy atom. The van der Waals surface area contributed by atoms with Crippen molar-refractivity contribution in [3.05, 3.63) is 112 Å². The van der Waals surface area contributed by atoms with Crippen molar-refractivity contribution in [1.82, 2.24) is 20.0 Å². The number of rotatable bonds is 6. The van der Waals surface area contributed by atoms with Gasteiger partial charge in [-0.25, -0.2) is 4.68 Å². The van der Waals surface area contributed by atoms with Gasteiger partial charge in [0.25, 0.3) is 17.4 Å². The van der Waals surface area contributed by atoms with Crippen molar-refractivity contribution in [2.24, 2.45) is 0 Å². The molecule has 5 rings (SSSR count). The van der Waals surface area contributed by atoms with Gasteiger partial charge in [0.05, 0.1) is 11.9 Å². The molecular formula is C29H28N4O3. The van der Waals surface area contributed by atoms with Gasteiger partial charge in [0.15, 0.2) is 5.69 Å². The minimum atomic E-state index is -0.360. The fraction of sp³-hybridized carbons (Fsp3) is 0.241. The number of hydrogen-bond acceptors (Lipinski definition) is 4. The third-order valence-electron chi connectivity index (χ3n) is 6.56. The van der Waals surface area contributed by atoms with E-state index in [2.05, 4.69) is 10.4 Å². The predicted octanol–water partition coefficient (Wildman–Crippen LogP) is 4.00. The molecule has 0 saturated carbocycles. The van der Waals surface area contributed by atoms with Gasteiger partial charge in [0.2, 0.25) is 0 Å². The smallest absolute Gasteiger partial charge is 0.274 e. The summed E-state index contributed by atoms with van der Waals surface area (Å²) >= 11 is 0. The number of hydrogen-bond donors (Lipinski definition) is 1. The van der Waals surface area contributed by atoms with Crippen LogP contribution in [0.2, 0.25) is 0 Å². The minimum Gasteiger partial charge on any atom is -0.347 e. The Kier molecular flexibility index (Phi) is 6.89. The maximum Gasteiger partial charge on any atom is 0.274 e. The van der Waals surface area contributed by atoms with E-state index in [1.807, 2.05) is 59.5 Å². The van der Waals surface area contributed by atoms with E-state index in [4.69, 9.17) is 0 Å². The van der Waals surface area contributed by atoms with Crippen molar-refractivity contribution in [3.8, 4) is 0 Å². The Bertz CT molecular complexity index is 1440. The first-order valence-corrected chi connectivity index (χ1v) is 12.3. The maximum absolute atomic E-state index is 13.2. The van der Waals surface area contributed by atoms with Gasteiger partial charge in [-0.3, -0.25) is 14.4 Å². The lowest BCUT2D eigenvalue weighted by atomic mass is 10.1. The van der Waals surface area contributed by atoms with Crippen molar-refractivity contribution >= 4 is 22.6 Å². The van der Waals surface area contributed by atoms with Crippen LogP contribution in [0.4, 0.5) is 0 Å². The molecule has 36 heavy (non-hydrogen) atoms. The lowest BCUT2D eigenvalue weighted by Crippen LogP contribution is -2.35. The molecule has 0 unspecified atom stereocenters. The summed E-state index contributed by atoms with van der Waals surface area (Å²) < 4.78 is 1.34. The molecule has 4 aromatic rings. The first kappa shape index (κ1) is 23.5. The highest BCUT2D eigenvalue weighted by atomic mass is 16.2. The third kappa shape index (κ3) is 5.05. The summed E-state index contributed by atoms with van der Waals surface area (Å²) in [5, 5.41) is 8.33. The fourth-order valence-corrected chi connectivity index (χ4v) is 4.58. The number of benzene rings is 3. The molecule has 1 saturated heterocycles. The summed E-state index contributed by atoms with van der Waals surface area (Å²) in [5.74, 6) is -0.303. The molecule has 1 N–H and O–H groups in total. The Morgan fingerprint density at radius 3 is 2.17 bits per heavy atom. The van der Waals surface area contributed by atoms with E-state index in [1.165, 1.54) is 11.1 Å². The highest BCUT2D eigenvalue weighted by molar-refractivity contribution is 6.04. The van der Waals surface area contributed by atoms with Crippen LogP contribution >= 0.6 is 0 Å². The van der Waals surface area contributed by atoms with Crippen LogP contribution in [0.5, 0.6) is 0 Å². The van der Waals surface area contributed by atoms with Gasteiger partial charge in [-0.1, -0.05) is 60.7 Å². The predicted molar refractivity (Wildman–Crippen MR) is 139 cm³/mol. The summed E-state index contributed by atoms with van der Waals surface area (Å²) in [7, 11) is 0. The lowest BCUT2D eigenvalue weighted by Gasteiger charge is -2.26. The topological polar surface area (TPSA) is 84.3 Å². The van der Waals surface area contributed by atoms with E-state index in [0.717, 1.165) is 37.1 Å². The summed E-state index contributed by atoms with van der Waals surface area (Å²) in [4.78, 5) is 40.8. The first-order valence-electron chi connectivity index (χ1n) is 12.3. The molecule has 1 fully saturated rings. The molecule has 7 nitrogen and oxygen atoms in total. The van der Waals surface area contributed by atoms with Crippen molar-refractivity contribution in [2.75, 3.05) is 13.1 Å². The van der Waals surface area contributed by atoms with Crippen molar-refractivity contribution < 1.29 is 9.59 Å². The Labute approximate surface area is 209 Å². The number of nitrogens with zero attached hydrogens (tertiary/aromatic N) is 3. The number of nitrogens with one attached hydrogen (secondary N) is 1. The summed E-state index contributed by atoms with van der Waals surface area (Å²) in [6.07, 6.45) is 3.28. The number of aromatic nitrogens is 2. The second-order valence-electron chi connectivity index (χ2n) is 9.08. The molecule has 1 aliphatic rings. The standard InChI is InChI=1S/C29H28N4O3/c34-27(30-19-21-13-15-23(16-14-21)28(35)32-17-7-2-8-18-32)26-24-11-5-6-12-25(24)29(36)33(31-26)20-22-9-3-1-4-10-22/h1,3-6,9-16H,2,7-8,17-20H2,(H,30,34). The number of likely N-dealkylation sites (tertiary alicyclic amines) is 1. The SMILES string of the molecule is O=C(NCc1ccc(C(=O)N2CCCCC2)cc1)c1nn(Cc2ccccc2)c(=O)c2ccccc12. The Balaban J connectivity index is 1.33. The first-order chi connectivity index (χ1) is 17.6. The number of amides is 2. The molecule has 2 heterocycles. The van der Waals surface area contributed by atoms with Crippen LogP contribution in [0.15, 0.2) is 83.7 Å². The molecule has 0 radical (unpaired) electrons. The zero-order valence-corrected chi connectivity index (χ0v) is 20.0. The van der Waals surface area contributed by atoms with E-state index >= 15 is 0 Å². The number of piperidine rings is 1. The molecule has 182 valence electrons. The molecule has 0 atom stereocenters.